The molecule has 5 nitrogen and oxygen atoms in total. The third-order valence-electron chi connectivity index (χ3n) is 11.0. The van der Waals surface area contributed by atoms with Crippen molar-refractivity contribution in [2.75, 3.05) is 0 Å². The van der Waals surface area contributed by atoms with Crippen LogP contribution in [0, 0.1) is 0 Å². The van der Waals surface area contributed by atoms with Crippen molar-refractivity contribution in [2.24, 2.45) is 0 Å². The lowest BCUT2D eigenvalue weighted by atomic mass is 10.0. The molecule has 0 radical (unpaired) electrons. The summed E-state index contributed by atoms with van der Waals surface area (Å²) in [5.74, 6) is 1.83. The van der Waals surface area contributed by atoms with Crippen molar-refractivity contribution in [3.05, 3.63) is 182 Å². The second-order valence-electron chi connectivity index (χ2n) is 14.4. The van der Waals surface area contributed by atoms with Gasteiger partial charge in [0.1, 0.15) is 11.2 Å². The molecule has 4 heterocycles. The van der Waals surface area contributed by atoms with Gasteiger partial charge in [0.25, 0.3) is 0 Å². The molecule has 12 rings (SSSR count). The Kier molecular flexibility index (Phi) is 7.03. The van der Waals surface area contributed by atoms with Gasteiger partial charge in [-0.1, -0.05) is 115 Å². The summed E-state index contributed by atoms with van der Waals surface area (Å²) in [6, 6.07) is 63.7. The minimum atomic E-state index is 0.593. The summed E-state index contributed by atoms with van der Waals surface area (Å²) in [5.41, 5.74) is 9.93. The minimum Gasteiger partial charge on any atom is -0.456 e. The summed E-state index contributed by atoms with van der Waals surface area (Å²) in [6.45, 7) is 0. The molecular formula is C51H30N4OS. The quantitative estimate of drug-likeness (QED) is 0.176. The van der Waals surface area contributed by atoms with Gasteiger partial charge in [0.2, 0.25) is 0 Å². The van der Waals surface area contributed by atoms with E-state index in [1.165, 1.54) is 25.6 Å². The second kappa shape index (κ2) is 12.6. The Labute approximate surface area is 330 Å². The number of fused-ring (bicyclic) bond motifs is 9. The maximum atomic E-state index is 6.70. The Morgan fingerprint density at radius 3 is 1.91 bits per heavy atom. The zero-order valence-electron chi connectivity index (χ0n) is 30.4. The second-order valence-corrected chi connectivity index (χ2v) is 15.5. The predicted molar refractivity (Wildman–Crippen MR) is 236 cm³/mol. The molecule has 0 amide bonds. The van der Waals surface area contributed by atoms with Gasteiger partial charge in [-0.25, -0.2) is 15.0 Å². The average Bonchev–Trinajstić information content (AvgIpc) is 3.95. The van der Waals surface area contributed by atoms with Crippen molar-refractivity contribution in [2.45, 2.75) is 0 Å². The predicted octanol–water partition coefficient (Wildman–Crippen LogP) is 13.9. The Hall–Kier alpha value is -7.41. The fraction of sp³-hybridized carbons (Fsp3) is 0. The normalized spacial score (nSPS) is 11.9. The highest BCUT2D eigenvalue weighted by Gasteiger charge is 2.21. The number of benzene rings is 8. The minimum absolute atomic E-state index is 0.593. The molecule has 8 aromatic carbocycles. The topological polar surface area (TPSA) is 56.7 Å². The van der Waals surface area contributed by atoms with Crippen molar-refractivity contribution < 1.29 is 4.42 Å². The SMILES string of the molecule is c1ccc(-c2cccc(-c3nc(-c4ccc5sc6ccccc6c5c4)nc(-c4cccc5oc6cc7c(cc6c45)c4ccccc4n7-c4ccccc4)n3)c2)cc1. The molecule has 0 saturated heterocycles. The van der Waals surface area contributed by atoms with Crippen LogP contribution in [-0.2, 0) is 0 Å². The number of hydrogen-bond donors (Lipinski definition) is 0. The van der Waals surface area contributed by atoms with E-state index in [2.05, 4.69) is 168 Å². The molecule has 0 aliphatic heterocycles. The number of furan rings is 1. The van der Waals surface area contributed by atoms with E-state index >= 15 is 0 Å². The van der Waals surface area contributed by atoms with Crippen LogP contribution in [0.3, 0.4) is 0 Å². The summed E-state index contributed by atoms with van der Waals surface area (Å²) < 4.78 is 11.5. The lowest BCUT2D eigenvalue weighted by Gasteiger charge is -2.10. The molecule has 0 atom stereocenters. The zero-order valence-corrected chi connectivity index (χ0v) is 31.2. The van der Waals surface area contributed by atoms with Crippen LogP contribution in [0.2, 0.25) is 0 Å². The lowest BCUT2D eigenvalue weighted by Crippen LogP contribution is -2.00. The van der Waals surface area contributed by atoms with Crippen molar-refractivity contribution in [3.63, 3.8) is 0 Å². The highest BCUT2D eigenvalue weighted by atomic mass is 32.1. The number of para-hydroxylation sites is 2. The summed E-state index contributed by atoms with van der Waals surface area (Å²) in [4.78, 5) is 15.7. The van der Waals surface area contributed by atoms with E-state index in [1.807, 2.05) is 18.2 Å². The Balaban J connectivity index is 1.11. The van der Waals surface area contributed by atoms with E-state index in [4.69, 9.17) is 19.4 Å². The Morgan fingerprint density at radius 1 is 0.386 bits per heavy atom. The molecule has 57 heavy (non-hydrogen) atoms. The standard InChI is InChI=1S/C51H30N4OS/c1-3-13-31(14-4-1)32-15-11-16-33(27-32)49-52-50(34-25-26-47-40(28-34)37-20-8-10-24-46(37)57-47)54-51(53-49)38-21-12-23-44-48(38)41-29-39-36-19-7-9-22-42(36)55(35-17-5-2-6-18-35)43(39)30-45(41)56-44/h1-30H. The van der Waals surface area contributed by atoms with Crippen LogP contribution in [0.15, 0.2) is 186 Å². The van der Waals surface area contributed by atoms with Gasteiger partial charge in [0, 0.05) is 70.2 Å². The molecule has 0 aliphatic carbocycles. The number of aromatic nitrogens is 4. The molecule has 0 aliphatic rings. The van der Waals surface area contributed by atoms with Crippen molar-refractivity contribution in [3.8, 4) is 51.0 Å². The summed E-state index contributed by atoms with van der Waals surface area (Å²) >= 11 is 1.80. The third-order valence-corrected chi connectivity index (χ3v) is 12.2. The Bertz CT molecular complexity index is 3530. The molecule has 0 saturated carbocycles. The first-order valence-electron chi connectivity index (χ1n) is 19.0. The maximum absolute atomic E-state index is 6.70. The molecule has 0 unspecified atom stereocenters. The van der Waals surface area contributed by atoms with Crippen LogP contribution in [-0.4, -0.2) is 19.5 Å². The number of hydrogen-bond acceptors (Lipinski definition) is 5. The van der Waals surface area contributed by atoms with E-state index in [0.29, 0.717) is 17.5 Å². The van der Waals surface area contributed by atoms with E-state index in [-0.39, 0.29) is 0 Å². The van der Waals surface area contributed by atoms with Gasteiger partial charge in [-0.2, -0.15) is 0 Å². The molecule has 12 aromatic rings. The van der Waals surface area contributed by atoms with Gasteiger partial charge in [-0.05, 0) is 71.8 Å². The van der Waals surface area contributed by atoms with Crippen LogP contribution in [0.1, 0.15) is 0 Å². The molecular weight excluding hydrogens is 717 g/mol. The van der Waals surface area contributed by atoms with E-state index in [1.54, 1.807) is 11.3 Å². The first-order chi connectivity index (χ1) is 28.2. The van der Waals surface area contributed by atoms with Crippen LogP contribution in [0.25, 0.3) is 115 Å². The molecule has 6 heteroatoms. The Morgan fingerprint density at radius 2 is 1.05 bits per heavy atom. The fourth-order valence-corrected chi connectivity index (χ4v) is 9.50. The highest BCUT2D eigenvalue weighted by Crippen LogP contribution is 2.42. The zero-order chi connectivity index (χ0) is 37.5. The van der Waals surface area contributed by atoms with Crippen LogP contribution in [0.5, 0.6) is 0 Å². The van der Waals surface area contributed by atoms with Crippen molar-refractivity contribution in [1.29, 1.82) is 0 Å². The molecule has 4 aromatic heterocycles. The number of nitrogens with zero attached hydrogens (tertiary/aromatic N) is 4. The largest absolute Gasteiger partial charge is 0.456 e. The van der Waals surface area contributed by atoms with Crippen molar-refractivity contribution >= 4 is 75.3 Å². The first-order valence-corrected chi connectivity index (χ1v) is 19.8. The molecule has 0 N–H and O–H groups in total. The summed E-state index contributed by atoms with van der Waals surface area (Å²) in [6.07, 6.45) is 0. The first kappa shape index (κ1) is 31.9. The molecule has 0 fully saturated rings. The van der Waals surface area contributed by atoms with Crippen LogP contribution in [0.4, 0.5) is 0 Å². The van der Waals surface area contributed by atoms with Gasteiger partial charge in [-0.3, -0.25) is 0 Å². The molecule has 0 spiro atoms. The van der Waals surface area contributed by atoms with Crippen LogP contribution >= 0.6 is 11.3 Å². The van der Waals surface area contributed by atoms with Gasteiger partial charge in [0.15, 0.2) is 17.5 Å². The van der Waals surface area contributed by atoms with Gasteiger partial charge in [0.05, 0.1) is 11.0 Å². The summed E-state index contributed by atoms with van der Waals surface area (Å²) in [7, 11) is 0. The fourth-order valence-electron chi connectivity index (χ4n) is 8.42. The van der Waals surface area contributed by atoms with Crippen molar-refractivity contribution in [1.82, 2.24) is 19.5 Å². The summed E-state index contributed by atoms with van der Waals surface area (Å²) in [5, 5.41) is 6.77. The molecule has 0 bridgehead atoms. The van der Waals surface area contributed by atoms with E-state index in [0.717, 1.165) is 71.9 Å². The highest BCUT2D eigenvalue weighted by molar-refractivity contribution is 7.25. The van der Waals surface area contributed by atoms with Crippen LogP contribution < -0.4 is 0 Å². The average molecular weight is 747 g/mol. The number of rotatable bonds is 5. The van der Waals surface area contributed by atoms with E-state index in [9.17, 15) is 0 Å². The third kappa shape index (κ3) is 5.12. The van der Waals surface area contributed by atoms with Gasteiger partial charge < -0.3 is 8.98 Å². The van der Waals surface area contributed by atoms with Gasteiger partial charge >= 0.3 is 0 Å². The van der Waals surface area contributed by atoms with Gasteiger partial charge in [-0.15, -0.1) is 11.3 Å². The lowest BCUT2D eigenvalue weighted by molar-refractivity contribution is 0.669. The smallest absolute Gasteiger partial charge is 0.164 e. The maximum Gasteiger partial charge on any atom is 0.164 e. The van der Waals surface area contributed by atoms with E-state index < -0.39 is 0 Å². The number of thiophene rings is 1. The monoisotopic (exact) mass is 746 g/mol. The molecule has 266 valence electrons.